The van der Waals surface area contributed by atoms with Crippen molar-refractivity contribution in [3.05, 3.63) is 84.1 Å². The summed E-state index contributed by atoms with van der Waals surface area (Å²) >= 11 is 0. The first-order valence-electron chi connectivity index (χ1n) is 19.5. The first kappa shape index (κ1) is 45.9. The molecule has 316 valence electrons. The molecule has 0 aliphatic rings. The number of halogens is 1. The second kappa shape index (κ2) is 24.8. The number of H-pyrrole nitrogens is 1. The van der Waals surface area contributed by atoms with Crippen LogP contribution in [0.2, 0.25) is 0 Å². The lowest BCUT2D eigenvalue weighted by atomic mass is 10.0. The van der Waals surface area contributed by atoms with Gasteiger partial charge in [-0.15, -0.1) is 0 Å². The van der Waals surface area contributed by atoms with Crippen molar-refractivity contribution in [3.63, 3.8) is 0 Å². The van der Waals surface area contributed by atoms with Crippen molar-refractivity contribution < 1.29 is 52.0 Å². The number of hydrogen-bond donors (Lipinski definition) is 2. The molecule has 1 atom stereocenters. The van der Waals surface area contributed by atoms with Crippen LogP contribution in [0.3, 0.4) is 0 Å². The van der Waals surface area contributed by atoms with Gasteiger partial charge in [0.15, 0.2) is 11.6 Å². The zero-order valence-corrected chi connectivity index (χ0v) is 33.9. The topological polar surface area (TPSA) is 180 Å². The van der Waals surface area contributed by atoms with Crippen LogP contribution in [0.15, 0.2) is 67.1 Å². The highest BCUT2D eigenvalue weighted by Gasteiger charge is 2.31. The van der Waals surface area contributed by atoms with Gasteiger partial charge >= 0.3 is 0 Å². The van der Waals surface area contributed by atoms with Crippen LogP contribution in [0.1, 0.15) is 42.6 Å². The fourth-order valence-corrected chi connectivity index (χ4v) is 5.93. The number of benzene rings is 2. The van der Waals surface area contributed by atoms with Crippen molar-refractivity contribution in [2.24, 2.45) is 0 Å². The van der Waals surface area contributed by atoms with E-state index in [4.69, 9.17) is 28.4 Å². The van der Waals surface area contributed by atoms with Crippen molar-refractivity contribution in [1.29, 1.82) is 0 Å². The van der Waals surface area contributed by atoms with Gasteiger partial charge in [-0.2, -0.15) is 0 Å². The highest BCUT2D eigenvalue weighted by molar-refractivity contribution is 6.07. The minimum Gasteiger partial charge on any atom is -0.488 e. The Morgan fingerprint density at radius 2 is 1.44 bits per heavy atom. The molecule has 2 N–H and O–H groups in total. The number of likely N-dealkylation sites (N-methyl/N-ethyl adjacent to an activating group) is 1. The Morgan fingerprint density at radius 1 is 0.797 bits per heavy atom. The maximum atomic E-state index is 14.8. The van der Waals surface area contributed by atoms with Gasteiger partial charge in [0.25, 0.3) is 5.91 Å². The smallest absolute Gasteiger partial charge is 0.261 e. The fraction of sp³-hybridized carbons (Fsp3) is 0.395. The lowest BCUT2D eigenvalue weighted by Crippen LogP contribution is -2.48. The zero-order chi connectivity index (χ0) is 42.4. The quantitative estimate of drug-likeness (QED) is 0.0561. The van der Waals surface area contributed by atoms with Gasteiger partial charge in [-0.25, -0.2) is 9.37 Å². The molecule has 0 aliphatic carbocycles. The van der Waals surface area contributed by atoms with Gasteiger partial charge in [0.1, 0.15) is 25.5 Å². The normalized spacial score (nSPS) is 11.4. The van der Waals surface area contributed by atoms with Crippen molar-refractivity contribution in [3.8, 4) is 22.8 Å². The summed E-state index contributed by atoms with van der Waals surface area (Å²) < 4.78 is 48.1. The van der Waals surface area contributed by atoms with Gasteiger partial charge in [0.05, 0.1) is 52.9 Å². The van der Waals surface area contributed by atoms with Crippen LogP contribution in [0.4, 0.5) is 4.39 Å². The molecule has 3 heterocycles. The summed E-state index contributed by atoms with van der Waals surface area (Å²) in [6, 6.07) is 13.1. The summed E-state index contributed by atoms with van der Waals surface area (Å²) in [6.07, 6.45) is 6.10. The van der Waals surface area contributed by atoms with Gasteiger partial charge in [-0.3, -0.25) is 24.3 Å². The molecule has 0 saturated heterocycles. The standard InChI is InChI=1S/C41H46FN5O10.C2H6/c1-28-22-38(34(42)24-32(28)41(51)47(27-49)37(4-3-11-48)40(50)43-2)56-20-18-54-16-14-52-12-13-53-15-17-55-19-21-57-39-8-6-30(25-45-39)29-5-7-31-33-26-44-10-9-35(33)46-36(31)23-29;1-2/h5-11,22-27,37,46H,3-4,12-21H2,1-2H3,(H,43,50);1-2H3. The van der Waals surface area contributed by atoms with Crippen molar-refractivity contribution in [2.75, 3.05) is 73.1 Å². The molecule has 0 saturated carbocycles. The molecule has 0 spiro atoms. The average molecular weight is 818 g/mol. The number of ether oxygens (including phenoxy) is 6. The van der Waals surface area contributed by atoms with E-state index in [2.05, 4.69) is 38.5 Å². The number of aldehydes is 1. The number of carbonyl (C=O) groups excluding carboxylic acids is 4. The number of aromatic amines is 1. The summed E-state index contributed by atoms with van der Waals surface area (Å²) in [4.78, 5) is 60.7. The largest absolute Gasteiger partial charge is 0.488 e. The van der Waals surface area contributed by atoms with Gasteiger partial charge < -0.3 is 43.5 Å². The SMILES string of the molecule is CC.CNC(=O)C(CCC=O)N(C=O)C(=O)c1cc(F)c(OCCOCCOCCOCCOCCOc2ccc(-c3ccc4c(c3)[nH]c3ccncc34)cn2)cc1C. The number of aryl methyl sites for hydroxylation is 1. The van der Waals surface area contributed by atoms with Crippen molar-refractivity contribution in [1.82, 2.24) is 25.2 Å². The number of nitrogens with zero attached hydrogens (tertiary/aromatic N) is 3. The maximum absolute atomic E-state index is 14.8. The fourth-order valence-electron chi connectivity index (χ4n) is 5.93. The molecule has 59 heavy (non-hydrogen) atoms. The highest BCUT2D eigenvalue weighted by Crippen LogP contribution is 2.29. The first-order chi connectivity index (χ1) is 28.8. The number of rotatable bonds is 25. The lowest BCUT2D eigenvalue weighted by Gasteiger charge is -2.25. The van der Waals surface area contributed by atoms with Crippen LogP contribution in [0, 0.1) is 12.7 Å². The maximum Gasteiger partial charge on any atom is 0.261 e. The molecule has 5 rings (SSSR count). The Hall–Kier alpha value is -5.81. The molecule has 2 aromatic carbocycles. The molecule has 3 amide bonds. The molecule has 0 aliphatic heterocycles. The second-order valence-corrected chi connectivity index (χ2v) is 12.6. The van der Waals surface area contributed by atoms with E-state index in [9.17, 15) is 23.6 Å². The van der Waals surface area contributed by atoms with E-state index in [0.717, 1.165) is 39.0 Å². The van der Waals surface area contributed by atoms with E-state index < -0.39 is 23.7 Å². The van der Waals surface area contributed by atoms with Crippen LogP contribution in [-0.4, -0.2) is 124 Å². The van der Waals surface area contributed by atoms with Gasteiger partial charge in [-0.05, 0) is 54.8 Å². The predicted octanol–water partition coefficient (Wildman–Crippen LogP) is 5.47. The minimum absolute atomic E-state index is 0.0357. The molecule has 5 aromatic rings. The molecular formula is C43H52FN5O10. The Morgan fingerprint density at radius 3 is 2.05 bits per heavy atom. The third-order valence-electron chi connectivity index (χ3n) is 8.85. The van der Waals surface area contributed by atoms with Crippen LogP contribution in [0.25, 0.3) is 32.9 Å². The van der Waals surface area contributed by atoms with Crippen LogP contribution < -0.4 is 14.8 Å². The average Bonchev–Trinajstić information content (AvgIpc) is 3.64. The first-order valence-corrected chi connectivity index (χ1v) is 19.5. The van der Waals surface area contributed by atoms with Gasteiger partial charge in [0, 0.05) is 71.1 Å². The molecule has 3 aromatic heterocycles. The Bertz CT molecular complexity index is 2100. The third kappa shape index (κ3) is 13.4. The Kier molecular flexibility index (Phi) is 19.3. The van der Waals surface area contributed by atoms with Crippen LogP contribution >= 0.6 is 0 Å². The number of imide groups is 1. The molecule has 0 radical (unpaired) electrons. The highest BCUT2D eigenvalue weighted by atomic mass is 19.1. The number of aromatic nitrogens is 3. The molecule has 15 nitrogen and oxygen atoms in total. The predicted molar refractivity (Wildman–Crippen MR) is 219 cm³/mol. The number of carbonyl (C=O) groups is 4. The molecular weight excluding hydrogens is 765 g/mol. The molecule has 0 bridgehead atoms. The minimum atomic E-state index is -1.22. The number of nitrogens with one attached hydrogen (secondary N) is 2. The summed E-state index contributed by atoms with van der Waals surface area (Å²) in [5.74, 6) is -1.90. The summed E-state index contributed by atoms with van der Waals surface area (Å²) in [7, 11) is 1.34. The van der Waals surface area contributed by atoms with Gasteiger partial charge in [0.2, 0.25) is 18.2 Å². The van der Waals surface area contributed by atoms with E-state index in [1.807, 2.05) is 38.2 Å². The van der Waals surface area contributed by atoms with E-state index >= 15 is 0 Å². The van der Waals surface area contributed by atoms with E-state index in [-0.39, 0.29) is 50.4 Å². The Balaban J connectivity index is 0.00000378. The van der Waals surface area contributed by atoms with E-state index in [1.54, 1.807) is 19.3 Å². The van der Waals surface area contributed by atoms with Gasteiger partial charge in [-0.1, -0.05) is 26.0 Å². The van der Waals surface area contributed by atoms with Crippen LogP contribution in [-0.2, 0) is 33.3 Å². The molecule has 0 fully saturated rings. The van der Waals surface area contributed by atoms with E-state index in [1.165, 1.54) is 13.1 Å². The summed E-state index contributed by atoms with van der Waals surface area (Å²) in [5, 5.41) is 4.59. The summed E-state index contributed by atoms with van der Waals surface area (Å²) in [6.45, 7) is 8.66. The number of hydrogen-bond acceptors (Lipinski definition) is 12. The van der Waals surface area contributed by atoms with Crippen molar-refractivity contribution in [2.45, 2.75) is 39.7 Å². The molecule has 16 heteroatoms. The van der Waals surface area contributed by atoms with Crippen LogP contribution in [0.5, 0.6) is 11.6 Å². The summed E-state index contributed by atoms with van der Waals surface area (Å²) in [5.41, 5.74) is 4.34. The Labute approximate surface area is 342 Å². The monoisotopic (exact) mass is 817 g/mol. The number of pyridine rings is 2. The lowest BCUT2D eigenvalue weighted by molar-refractivity contribution is -0.131. The molecule has 1 unspecified atom stereocenters. The van der Waals surface area contributed by atoms with Crippen molar-refractivity contribution >= 4 is 46.3 Å². The third-order valence-corrected chi connectivity index (χ3v) is 8.85. The second-order valence-electron chi connectivity index (χ2n) is 12.6. The number of amides is 3. The number of fused-ring (bicyclic) bond motifs is 3. The van der Waals surface area contributed by atoms with E-state index in [0.29, 0.717) is 68.9 Å². The zero-order valence-electron chi connectivity index (χ0n) is 33.9.